The summed E-state index contributed by atoms with van der Waals surface area (Å²) in [6.45, 7) is 5.04. The molecule has 1 saturated heterocycles. The van der Waals surface area contributed by atoms with Gasteiger partial charge < -0.3 is 9.16 Å². The smallest absolute Gasteiger partial charge is 0.368 e. The summed E-state index contributed by atoms with van der Waals surface area (Å²) in [5.74, 6) is 0. The largest absolute Gasteiger partial charge is 0.406 e. The molecule has 3 aromatic rings. The molecule has 1 aliphatic rings. The molecule has 0 saturated carbocycles. The summed E-state index contributed by atoms with van der Waals surface area (Å²) in [5.41, 5.74) is 0.742. The molecule has 0 N–H and O–H groups in total. The standard InChI is InChI=1S/C29H35F2NO2Si/c1-23-27(32(22-29(30,31)34-23)20-24-14-8-5-9-15-24)21-33-35(28(2,3)4,25-16-10-6-11-17-25)26-18-12-7-13-19-26/h5-19,23,27H,20-22H2,1-4H3/i22D2. The molecule has 35 heavy (non-hydrogen) atoms. The Morgan fingerprint density at radius 1 is 0.943 bits per heavy atom. The van der Waals surface area contributed by atoms with Crippen LogP contribution in [0.1, 0.15) is 36.0 Å². The molecule has 0 aliphatic carbocycles. The van der Waals surface area contributed by atoms with Gasteiger partial charge in [0.1, 0.15) is 0 Å². The lowest BCUT2D eigenvalue weighted by Crippen LogP contribution is -2.68. The number of hydrogen-bond acceptors (Lipinski definition) is 3. The summed E-state index contributed by atoms with van der Waals surface area (Å²) < 4.78 is 58.6. The molecule has 2 unspecified atom stereocenters. The Labute approximate surface area is 211 Å². The van der Waals surface area contributed by atoms with Gasteiger partial charge in [-0.25, -0.2) is 0 Å². The highest BCUT2D eigenvalue weighted by molar-refractivity contribution is 6.99. The lowest BCUT2D eigenvalue weighted by atomic mass is 10.1. The van der Waals surface area contributed by atoms with E-state index in [2.05, 4.69) is 45.0 Å². The zero-order valence-electron chi connectivity index (χ0n) is 22.7. The van der Waals surface area contributed by atoms with Crippen molar-refractivity contribution < 1.29 is 20.7 Å². The second-order valence-electron chi connectivity index (χ2n) is 10.1. The van der Waals surface area contributed by atoms with Crippen LogP contribution in [-0.2, 0) is 15.7 Å². The number of alkyl halides is 2. The molecule has 3 aromatic carbocycles. The van der Waals surface area contributed by atoms with E-state index >= 15 is 0 Å². The van der Waals surface area contributed by atoms with Gasteiger partial charge in [0.25, 0.3) is 8.32 Å². The quantitative estimate of drug-likeness (QED) is 0.406. The molecule has 3 nitrogen and oxygen atoms in total. The Hall–Kier alpha value is -2.38. The van der Waals surface area contributed by atoms with Crippen molar-refractivity contribution in [1.82, 2.24) is 4.90 Å². The van der Waals surface area contributed by atoms with Crippen molar-refractivity contribution in [2.24, 2.45) is 0 Å². The van der Waals surface area contributed by atoms with Gasteiger partial charge in [0.15, 0.2) is 0 Å². The first-order chi connectivity index (χ1) is 17.4. The van der Waals surface area contributed by atoms with Crippen molar-refractivity contribution in [3.8, 4) is 0 Å². The molecule has 186 valence electrons. The molecule has 6 heteroatoms. The SMILES string of the molecule is [2H]C1([2H])N(Cc2ccccc2)C(CO[Si](c2ccccc2)(c2ccccc2)C(C)(C)C)C(C)OC1(F)F. The van der Waals surface area contributed by atoms with Crippen LogP contribution in [0.15, 0.2) is 91.0 Å². The number of hydrogen-bond donors (Lipinski definition) is 0. The van der Waals surface area contributed by atoms with Gasteiger partial charge >= 0.3 is 6.11 Å². The molecular formula is C29H35F2NO2Si. The van der Waals surface area contributed by atoms with Gasteiger partial charge in [0.2, 0.25) is 0 Å². The molecule has 0 aromatic heterocycles. The van der Waals surface area contributed by atoms with E-state index in [1.165, 1.54) is 4.90 Å². The van der Waals surface area contributed by atoms with Gasteiger partial charge in [-0.05, 0) is 27.9 Å². The van der Waals surface area contributed by atoms with Gasteiger partial charge in [-0.15, -0.1) is 0 Å². The first-order valence-corrected chi connectivity index (χ1v) is 13.9. The zero-order valence-corrected chi connectivity index (χ0v) is 21.7. The van der Waals surface area contributed by atoms with Gasteiger partial charge in [0.05, 0.1) is 28.0 Å². The van der Waals surface area contributed by atoms with E-state index < -0.39 is 33.1 Å². The average molecular weight is 498 g/mol. The molecule has 0 spiro atoms. The van der Waals surface area contributed by atoms with Gasteiger partial charge in [-0.1, -0.05) is 112 Å². The highest BCUT2D eigenvalue weighted by atomic mass is 28.4. The Morgan fingerprint density at radius 2 is 1.43 bits per heavy atom. The fraction of sp³-hybridized carbons (Fsp3) is 0.379. The van der Waals surface area contributed by atoms with Crippen LogP contribution in [0, 0.1) is 0 Å². The first-order valence-electron chi connectivity index (χ1n) is 13.0. The topological polar surface area (TPSA) is 21.7 Å². The zero-order chi connectivity index (χ0) is 26.9. The molecule has 0 amide bonds. The van der Waals surface area contributed by atoms with Gasteiger partial charge in [0, 0.05) is 6.54 Å². The van der Waals surface area contributed by atoms with E-state index in [-0.39, 0.29) is 18.2 Å². The first kappa shape index (κ1) is 23.0. The van der Waals surface area contributed by atoms with Crippen LogP contribution in [-0.4, -0.2) is 44.6 Å². The van der Waals surface area contributed by atoms with Crippen LogP contribution in [0.25, 0.3) is 0 Å². The maximum Gasteiger partial charge on any atom is 0.368 e. The molecule has 1 heterocycles. The summed E-state index contributed by atoms with van der Waals surface area (Å²) >= 11 is 0. The second kappa shape index (κ2) is 10.3. The maximum atomic E-state index is 14.9. The van der Waals surface area contributed by atoms with E-state index in [0.717, 1.165) is 15.9 Å². The summed E-state index contributed by atoms with van der Waals surface area (Å²) in [6, 6.07) is 28.5. The van der Waals surface area contributed by atoms with E-state index in [1.54, 1.807) is 6.92 Å². The Balaban J connectivity index is 1.78. The second-order valence-corrected chi connectivity index (χ2v) is 14.4. The summed E-state index contributed by atoms with van der Waals surface area (Å²) in [6.07, 6.45) is -4.92. The fourth-order valence-corrected chi connectivity index (χ4v) is 9.55. The minimum absolute atomic E-state index is 0.00586. The minimum atomic E-state index is -3.96. The molecule has 2 atom stereocenters. The number of rotatable bonds is 7. The average Bonchev–Trinajstić information content (AvgIpc) is 2.85. The van der Waals surface area contributed by atoms with Gasteiger partial charge in [-0.2, -0.15) is 8.78 Å². The summed E-state index contributed by atoms with van der Waals surface area (Å²) in [7, 11) is -2.96. The third-order valence-electron chi connectivity index (χ3n) is 6.63. The third-order valence-corrected chi connectivity index (χ3v) is 11.6. The van der Waals surface area contributed by atoms with Gasteiger partial charge in [-0.3, -0.25) is 4.90 Å². The lowest BCUT2D eigenvalue weighted by molar-refractivity contribution is -0.309. The van der Waals surface area contributed by atoms with Crippen LogP contribution in [0.5, 0.6) is 0 Å². The van der Waals surface area contributed by atoms with E-state index in [0.29, 0.717) is 0 Å². The molecule has 1 fully saturated rings. The molecular weight excluding hydrogens is 460 g/mol. The van der Waals surface area contributed by atoms with E-state index in [4.69, 9.17) is 11.9 Å². The van der Waals surface area contributed by atoms with Crippen molar-refractivity contribution >= 4 is 18.7 Å². The Kier molecular flexibility index (Phi) is 6.79. The van der Waals surface area contributed by atoms with Crippen molar-refractivity contribution in [3.05, 3.63) is 96.6 Å². The molecule has 0 bridgehead atoms. The van der Waals surface area contributed by atoms with Crippen LogP contribution < -0.4 is 10.4 Å². The predicted molar refractivity (Wildman–Crippen MR) is 140 cm³/mol. The van der Waals surface area contributed by atoms with E-state index in [1.807, 2.05) is 66.7 Å². The Morgan fingerprint density at radius 3 is 1.91 bits per heavy atom. The van der Waals surface area contributed by atoms with Crippen molar-refractivity contribution in [2.75, 3.05) is 13.1 Å². The number of morpholine rings is 1. The number of benzene rings is 3. The molecule has 1 aliphatic heterocycles. The highest BCUT2D eigenvalue weighted by Crippen LogP contribution is 2.38. The monoisotopic (exact) mass is 497 g/mol. The van der Waals surface area contributed by atoms with Crippen molar-refractivity contribution in [1.29, 1.82) is 0 Å². The van der Waals surface area contributed by atoms with Crippen LogP contribution >= 0.6 is 0 Å². The number of nitrogens with zero attached hydrogens (tertiary/aromatic N) is 1. The lowest BCUT2D eigenvalue weighted by Gasteiger charge is -2.47. The Bertz CT molecular complexity index is 1120. The van der Waals surface area contributed by atoms with Crippen LogP contribution in [0.2, 0.25) is 5.04 Å². The predicted octanol–water partition coefficient (Wildman–Crippen LogP) is 5.45. The van der Waals surface area contributed by atoms with Crippen LogP contribution in [0.4, 0.5) is 8.78 Å². The normalized spacial score (nSPS) is 23.4. The van der Waals surface area contributed by atoms with Crippen molar-refractivity contribution in [3.63, 3.8) is 0 Å². The fourth-order valence-electron chi connectivity index (χ4n) is 4.98. The summed E-state index contributed by atoms with van der Waals surface area (Å²) in [4.78, 5) is 1.22. The minimum Gasteiger partial charge on any atom is -0.406 e. The molecule has 4 rings (SSSR count). The molecule has 0 radical (unpaired) electrons. The number of halogens is 2. The number of ether oxygens (including phenoxy) is 1. The van der Waals surface area contributed by atoms with Crippen LogP contribution in [0.3, 0.4) is 0 Å². The van der Waals surface area contributed by atoms with Crippen molar-refractivity contribution in [2.45, 2.75) is 57.5 Å². The van der Waals surface area contributed by atoms with E-state index in [9.17, 15) is 8.78 Å². The maximum absolute atomic E-state index is 14.9. The summed E-state index contributed by atoms with van der Waals surface area (Å²) in [5, 5.41) is 1.84. The third kappa shape index (κ3) is 5.56. The highest BCUT2D eigenvalue weighted by Gasteiger charge is 2.52.